The van der Waals surface area contributed by atoms with Gasteiger partial charge < -0.3 is 14.7 Å². The molecule has 3 rings (SSSR count). The van der Waals surface area contributed by atoms with Crippen LogP contribution in [0.2, 0.25) is 0 Å². The van der Waals surface area contributed by atoms with Crippen LogP contribution in [0.25, 0.3) is 11.1 Å². The van der Waals surface area contributed by atoms with Crippen LogP contribution in [0.3, 0.4) is 0 Å². The van der Waals surface area contributed by atoms with E-state index in [1.165, 1.54) is 11.3 Å². The zero-order valence-corrected chi connectivity index (χ0v) is 11.5. The van der Waals surface area contributed by atoms with Gasteiger partial charge in [-0.1, -0.05) is 0 Å². The van der Waals surface area contributed by atoms with Gasteiger partial charge in [-0.3, -0.25) is 4.79 Å². The van der Waals surface area contributed by atoms with E-state index in [2.05, 4.69) is 15.3 Å². The minimum absolute atomic E-state index is 0.173. The Labute approximate surface area is 117 Å². The fourth-order valence-corrected chi connectivity index (χ4v) is 2.63. The Balaban J connectivity index is 1.91. The van der Waals surface area contributed by atoms with E-state index in [0.29, 0.717) is 21.0 Å². The number of aryl methyl sites for hydroxylation is 1. The molecule has 19 heavy (non-hydrogen) atoms. The van der Waals surface area contributed by atoms with E-state index in [1.807, 2.05) is 6.07 Å². The van der Waals surface area contributed by atoms with Gasteiger partial charge in [0.25, 0.3) is 10.7 Å². The fourth-order valence-electron chi connectivity index (χ4n) is 1.73. The van der Waals surface area contributed by atoms with Crippen LogP contribution in [0, 0.1) is 11.8 Å². The van der Waals surface area contributed by atoms with Gasteiger partial charge in [-0.15, -0.1) is 11.3 Å². The highest BCUT2D eigenvalue weighted by Gasteiger charge is 2.12. The Morgan fingerprint density at radius 2 is 2.37 bits per heavy atom. The molecule has 0 fully saturated rings. The number of thiazole rings is 1. The highest BCUT2D eigenvalue weighted by Crippen LogP contribution is 2.20. The Kier molecular flexibility index (Phi) is 2.92. The van der Waals surface area contributed by atoms with Crippen molar-refractivity contribution in [2.45, 2.75) is 6.92 Å². The van der Waals surface area contributed by atoms with Crippen molar-refractivity contribution in [3.8, 4) is 0 Å². The van der Waals surface area contributed by atoms with Crippen molar-refractivity contribution in [1.82, 2.24) is 9.97 Å². The fraction of sp³-hybridized carbons (Fsp3) is 0.0833. The topological polar surface area (TPSA) is 70.9 Å². The van der Waals surface area contributed by atoms with Gasteiger partial charge >= 0.3 is 0 Å². The number of hydrogen-bond acceptors (Lipinski definition) is 5. The second-order valence-electron chi connectivity index (χ2n) is 3.95. The molecule has 0 saturated carbocycles. The van der Waals surface area contributed by atoms with Gasteiger partial charge in [-0.25, -0.2) is 4.98 Å². The van der Waals surface area contributed by atoms with Crippen LogP contribution in [0.5, 0.6) is 0 Å². The molecule has 0 aliphatic carbocycles. The van der Waals surface area contributed by atoms with Gasteiger partial charge in [0.05, 0.1) is 16.7 Å². The van der Waals surface area contributed by atoms with Crippen LogP contribution in [0.1, 0.15) is 15.4 Å². The number of carbonyl (C=O) groups excluding carboxylic acids is 1. The number of hydrogen-bond donors (Lipinski definition) is 2. The third kappa shape index (κ3) is 2.29. The van der Waals surface area contributed by atoms with E-state index in [9.17, 15) is 4.79 Å². The van der Waals surface area contributed by atoms with Crippen LogP contribution in [0.4, 0.5) is 5.69 Å². The number of oxazole rings is 1. The molecule has 96 valence electrons. The number of nitrogens with one attached hydrogen (secondary N) is 2. The van der Waals surface area contributed by atoms with E-state index >= 15 is 0 Å². The number of aromatic nitrogens is 2. The van der Waals surface area contributed by atoms with Crippen molar-refractivity contribution < 1.29 is 9.21 Å². The minimum Gasteiger partial charge on any atom is -0.429 e. The normalized spacial score (nSPS) is 10.8. The molecule has 0 spiro atoms. The predicted octanol–water partition coefficient (Wildman–Crippen LogP) is 3.51. The Morgan fingerprint density at radius 3 is 3.11 bits per heavy atom. The lowest BCUT2D eigenvalue weighted by Crippen LogP contribution is -2.11. The molecule has 1 aromatic carbocycles. The van der Waals surface area contributed by atoms with Gasteiger partial charge in [0, 0.05) is 11.8 Å². The molecule has 0 saturated heterocycles. The molecule has 2 N–H and O–H groups in total. The van der Waals surface area contributed by atoms with Gasteiger partial charge in [0.1, 0.15) is 4.88 Å². The lowest BCUT2D eigenvalue weighted by atomic mass is 10.2. The summed E-state index contributed by atoms with van der Waals surface area (Å²) in [6.07, 6.45) is 0. The lowest BCUT2D eigenvalue weighted by Gasteiger charge is -2.03. The van der Waals surface area contributed by atoms with Gasteiger partial charge in [-0.05, 0) is 31.3 Å². The predicted molar refractivity (Wildman–Crippen MR) is 76.2 cm³/mol. The first-order valence-electron chi connectivity index (χ1n) is 5.48. The summed E-state index contributed by atoms with van der Waals surface area (Å²) < 4.78 is 5.30. The molecule has 0 atom stereocenters. The Bertz CT molecular complexity index is 816. The van der Waals surface area contributed by atoms with E-state index in [4.69, 9.17) is 16.6 Å². The van der Waals surface area contributed by atoms with Crippen LogP contribution >= 0.6 is 23.6 Å². The summed E-state index contributed by atoms with van der Waals surface area (Å²) in [4.78, 5) is 19.9. The molecule has 3 aromatic rings. The number of H-pyrrole nitrogens is 1. The molecule has 0 radical (unpaired) electrons. The highest BCUT2D eigenvalue weighted by molar-refractivity contribution is 7.71. The maximum atomic E-state index is 12.0. The molecule has 0 aliphatic rings. The maximum Gasteiger partial charge on any atom is 0.267 e. The first-order chi connectivity index (χ1) is 9.13. The van der Waals surface area contributed by atoms with Gasteiger partial charge in [0.2, 0.25) is 0 Å². The van der Waals surface area contributed by atoms with E-state index in [0.717, 1.165) is 11.2 Å². The number of fused-ring (bicyclic) bond motifs is 1. The van der Waals surface area contributed by atoms with Crippen LogP contribution in [-0.4, -0.2) is 15.9 Å². The van der Waals surface area contributed by atoms with Crippen molar-refractivity contribution in [1.29, 1.82) is 0 Å². The molecule has 7 heteroatoms. The van der Waals surface area contributed by atoms with E-state index < -0.39 is 0 Å². The monoisotopic (exact) mass is 291 g/mol. The van der Waals surface area contributed by atoms with Crippen molar-refractivity contribution in [3.05, 3.63) is 39.1 Å². The van der Waals surface area contributed by atoms with Crippen LogP contribution < -0.4 is 5.32 Å². The number of anilines is 1. The minimum atomic E-state index is -0.173. The smallest absolute Gasteiger partial charge is 0.267 e. The van der Waals surface area contributed by atoms with Crippen molar-refractivity contribution in [2.75, 3.05) is 5.32 Å². The molecule has 2 heterocycles. The van der Waals surface area contributed by atoms with Crippen molar-refractivity contribution in [3.63, 3.8) is 0 Å². The number of carbonyl (C=O) groups is 1. The van der Waals surface area contributed by atoms with Gasteiger partial charge in [-0.2, -0.15) is 0 Å². The third-order valence-electron chi connectivity index (χ3n) is 2.63. The molecule has 0 aliphatic heterocycles. The summed E-state index contributed by atoms with van der Waals surface area (Å²) in [5, 5.41) is 2.81. The molecule has 2 aromatic heterocycles. The van der Waals surface area contributed by atoms with E-state index in [-0.39, 0.29) is 5.91 Å². The first kappa shape index (κ1) is 12.1. The Hall–Kier alpha value is -1.99. The zero-order valence-electron chi connectivity index (χ0n) is 9.89. The lowest BCUT2D eigenvalue weighted by molar-refractivity contribution is 0.103. The number of rotatable bonds is 2. The van der Waals surface area contributed by atoms with Crippen molar-refractivity contribution in [2.24, 2.45) is 0 Å². The summed E-state index contributed by atoms with van der Waals surface area (Å²) in [6.45, 7) is 1.81. The summed E-state index contributed by atoms with van der Waals surface area (Å²) in [6, 6.07) is 5.33. The van der Waals surface area contributed by atoms with Crippen LogP contribution in [-0.2, 0) is 0 Å². The van der Waals surface area contributed by atoms with Gasteiger partial charge in [0.15, 0.2) is 5.58 Å². The maximum absolute atomic E-state index is 12.0. The third-order valence-corrected chi connectivity index (χ3v) is 3.74. The highest BCUT2D eigenvalue weighted by atomic mass is 32.1. The SMILES string of the molecule is Cc1ncsc1C(=O)Nc1ccc2[nH]c(=S)oc2c1. The summed E-state index contributed by atoms with van der Waals surface area (Å²) >= 11 is 6.23. The average molecular weight is 291 g/mol. The molecule has 1 amide bonds. The van der Waals surface area contributed by atoms with Crippen LogP contribution in [0.15, 0.2) is 28.1 Å². The molecule has 0 bridgehead atoms. The largest absolute Gasteiger partial charge is 0.429 e. The molecule has 0 unspecified atom stereocenters. The molecule has 5 nitrogen and oxygen atoms in total. The Morgan fingerprint density at radius 1 is 1.53 bits per heavy atom. The second-order valence-corrected chi connectivity index (χ2v) is 5.17. The van der Waals surface area contributed by atoms with Crippen molar-refractivity contribution >= 4 is 46.2 Å². The summed E-state index contributed by atoms with van der Waals surface area (Å²) in [5.41, 5.74) is 4.45. The molecular weight excluding hydrogens is 282 g/mol. The standard InChI is InChI=1S/C12H9N3O2S2/c1-6-10(19-5-13-6)11(16)14-7-2-3-8-9(4-7)17-12(18)15-8/h2-5H,1H3,(H,14,16)(H,15,18). The quantitative estimate of drug-likeness (QED) is 0.709. The number of benzene rings is 1. The first-order valence-corrected chi connectivity index (χ1v) is 6.76. The second kappa shape index (κ2) is 4.60. The summed E-state index contributed by atoms with van der Waals surface area (Å²) in [5.74, 6) is -0.173. The summed E-state index contributed by atoms with van der Waals surface area (Å²) in [7, 11) is 0. The zero-order chi connectivity index (χ0) is 13.4. The molecular formula is C12H9N3O2S2. The average Bonchev–Trinajstić information content (AvgIpc) is 2.93. The van der Waals surface area contributed by atoms with E-state index in [1.54, 1.807) is 24.6 Å². The number of amides is 1. The number of nitrogens with zero attached hydrogens (tertiary/aromatic N) is 1. The number of aromatic amines is 1.